The van der Waals surface area contributed by atoms with Crippen molar-refractivity contribution in [3.05, 3.63) is 127 Å². The first-order valence-corrected chi connectivity index (χ1v) is 13.9. The van der Waals surface area contributed by atoms with Crippen molar-refractivity contribution in [1.29, 1.82) is 0 Å². The van der Waals surface area contributed by atoms with E-state index in [0.717, 1.165) is 0 Å². The average molecular weight is 484 g/mol. The van der Waals surface area contributed by atoms with Gasteiger partial charge >= 0.3 is 0 Å². The third-order valence-corrected chi connectivity index (χ3v) is 9.35. The molecule has 1 N–H and O–H groups in total. The highest BCUT2D eigenvalue weighted by Gasteiger charge is 2.21. The molecule has 0 bridgehead atoms. The van der Waals surface area contributed by atoms with Gasteiger partial charge in [-0.15, -0.1) is 0 Å². The normalized spacial score (nSPS) is 12.0. The largest absolute Gasteiger partial charge is 0.354 e. The lowest BCUT2D eigenvalue weighted by molar-refractivity contribution is 0.590. The molecule has 0 unspecified atom stereocenters. The van der Waals surface area contributed by atoms with Crippen molar-refractivity contribution in [3.8, 4) is 11.1 Å². The van der Waals surface area contributed by atoms with Crippen LogP contribution < -0.4 is 15.9 Å². The molecule has 0 saturated heterocycles. The number of hydrogen-bond acceptors (Lipinski definition) is 0. The number of benzene rings is 5. The van der Waals surface area contributed by atoms with Crippen LogP contribution in [0.2, 0.25) is 0 Å². The van der Waals surface area contributed by atoms with E-state index in [0.29, 0.717) is 0 Å². The molecule has 0 saturated carbocycles. The first-order chi connectivity index (χ1) is 17.5. The number of nitrogens with one attached hydrogen (secondary N) is 1. The molecule has 36 heavy (non-hydrogen) atoms. The van der Waals surface area contributed by atoms with E-state index in [1.54, 1.807) is 0 Å². The third kappa shape index (κ3) is 4.15. The zero-order chi connectivity index (χ0) is 24.7. The van der Waals surface area contributed by atoms with E-state index in [1.165, 1.54) is 54.4 Å². The Kier molecular flexibility index (Phi) is 5.75. The van der Waals surface area contributed by atoms with E-state index in [1.807, 2.05) is 0 Å². The Bertz CT molecular complexity index is 1600. The fraction of sp³-hybridized carbons (Fsp3) is 0.118. The molecule has 6 aromatic rings. The topological polar surface area (TPSA) is 15.8 Å². The minimum atomic E-state index is -0.701. The van der Waals surface area contributed by atoms with Gasteiger partial charge < -0.3 is 4.98 Å². The number of aromatic nitrogens is 1. The minimum Gasteiger partial charge on any atom is -0.354 e. The van der Waals surface area contributed by atoms with Crippen molar-refractivity contribution >= 4 is 45.6 Å². The van der Waals surface area contributed by atoms with E-state index in [4.69, 9.17) is 0 Å². The lowest BCUT2D eigenvalue weighted by Gasteiger charge is -2.21. The van der Waals surface area contributed by atoms with Gasteiger partial charge in [0.1, 0.15) is 0 Å². The van der Waals surface area contributed by atoms with Gasteiger partial charge in [0.15, 0.2) is 0 Å². The van der Waals surface area contributed by atoms with E-state index in [-0.39, 0.29) is 5.41 Å². The second kappa shape index (κ2) is 9.08. The lowest BCUT2D eigenvalue weighted by atomic mass is 9.86. The molecule has 0 atom stereocenters. The van der Waals surface area contributed by atoms with Gasteiger partial charge in [-0.25, -0.2) is 0 Å². The van der Waals surface area contributed by atoms with Crippen LogP contribution in [0.5, 0.6) is 0 Å². The van der Waals surface area contributed by atoms with Crippen molar-refractivity contribution in [2.24, 2.45) is 0 Å². The Morgan fingerprint density at radius 1 is 0.556 bits per heavy atom. The summed E-state index contributed by atoms with van der Waals surface area (Å²) in [5, 5.41) is 6.67. The summed E-state index contributed by atoms with van der Waals surface area (Å²) < 4.78 is 0. The minimum absolute atomic E-state index is 0.131. The summed E-state index contributed by atoms with van der Waals surface area (Å²) in [5.41, 5.74) is 6.38. The van der Waals surface area contributed by atoms with Crippen LogP contribution >= 0.6 is 7.92 Å². The van der Waals surface area contributed by atoms with Crippen LogP contribution in [0.15, 0.2) is 121 Å². The number of para-hydroxylation sites is 1. The number of aromatic amines is 1. The molecule has 1 nitrogen and oxygen atoms in total. The molecule has 0 amide bonds. The summed E-state index contributed by atoms with van der Waals surface area (Å²) in [6, 6.07) is 44.6. The molecular formula is C34H30NP. The molecule has 1 heterocycles. The quantitative estimate of drug-likeness (QED) is 0.244. The molecule has 6 rings (SSSR count). The summed E-state index contributed by atoms with van der Waals surface area (Å²) in [6.07, 6.45) is 0. The van der Waals surface area contributed by atoms with Crippen molar-refractivity contribution < 1.29 is 0 Å². The Morgan fingerprint density at radius 2 is 1.14 bits per heavy atom. The zero-order valence-electron chi connectivity index (χ0n) is 21.0. The smallest absolute Gasteiger partial charge is 0.0545 e. The van der Waals surface area contributed by atoms with Crippen LogP contribution in [0.3, 0.4) is 0 Å². The summed E-state index contributed by atoms with van der Waals surface area (Å²) >= 11 is 0. The second-order valence-corrected chi connectivity index (χ2v) is 12.6. The van der Waals surface area contributed by atoms with E-state index >= 15 is 0 Å². The molecule has 0 aliphatic rings. The molecule has 1 aromatic heterocycles. The summed E-state index contributed by atoms with van der Waals surface area (Å²) in [4.78, 5) is 3.74. The van der Waals surface area contributed by atoms with Gasteiger partial charge in [-0.1, -0.05) is 124 Å². The first-order valence-electron chi connectivity index (χ1n) is 12.5. The Morgan fingerprint density at radius 3 is 1.75 bits per heavy atom. The van der Waals surface area contributed by atoms with E-state index < -0.39 is 7.92 Å². The van der Waals surface area contributed by atoms with E-state index in [9.17, 15) is 0 Å². The molecule has 0 radical (unpaired) electrons. The number of hydrogen-bond donors (Lipinski definition) is 1. The Labute approximate surface area is 214 Å². The van der Waals surface area contributed by atoms with Crippen LogP contribution in [0.25, 0.3) is 32.9 Å². The Balaban J connectivity index is 1.63. The standard InChI is InChI=1S/C34H30NP/c1-34(2,3)25-20-18-24(19-21-25)30-22-28(23-31-29-16-10-11-17-32(29)35-33(30)31)36(26-12-6-4-7-13-26)27-14-8-5-9-15-27/h4-23,35H,1-3H3. The number of H-pyrrole nitrogens is 1. The van der Waals surface area contributed by atoms with Gasteiger partial charge in [0.2, 0.25) is 0 Å². The van der Waals surface area contributed by atoms with Gasteiger partial charge in [-0.2, -0.15) is 0 Å². The highest BCUT2D eigenvalue weighted by Crippen LogP contribution is 2.39. The highest BCUT2D eigenvalue weighted by molar-refractivity contribution is 7.79. The fourth-order valence-corrected chi connectivity index (χ4v) is 7.39. The predicted molar refractivity (Wildman–Crippen MR) is 159 cm³/mol. The summed E-state index contributed by atoms with van der Waals surface area (Å²) in [6.45, 7) is 6.81. The van der Waals surface area contributed by atoms with E-state index in [2.05, 4.69) is 147 Å². The predicted octanol–water partition coefficient (Wildman–Crippen LogP) is 8.04. The van der Waals surface area contributed by atoms with Crippen molar-refractivity contribution in [3.63, 3.8) is 0 Å². The van der Waals surface area contributed by atoms with Crippen LogP contribution in [0.1, 0.15) is 26.3 Å². The molecule has 0 aliphatic carbocycles. The third-order valence-electron chi connectivity index (χ3n) is 6.95. The first kappa shape index (κ1) is 22.8. The number of fused-ring (bicyclic) bond motifs is 3. The zero-order valence-corrected chi connectivity index (χ0v) is 21.9. The number of rotatable bonds is 4. The van der Waals surface area contributed by atoms with Crippen LogP contribution in [0, 0.1) is 0 Å². The lowest BCUT2D eigenvalue weighted by Crippen LogP contribution is -2.20. The van der Waals surface area contributed by atoms with Crippen LogP contribution in [-0.4, -0.2) is 4.98 Å². The highest BCUT2D eigenvalue weighted by atomic mass is 31.1. The molecule has 5 aromatic carbocycles. The maximum absolute atomic E-state index is 3.74. The SMILES string of the molecule is CC(C)(C)c1ccc(-c2cc(P(c3ccccc3)c3ccccc3)cc3c2[nH]c2ccccc23)cc1. The molecule has 0 spiro atoms. The molecule has 176 valence electrons. The molecule has 0 aliphatic heterocycles. The summed E-state index contributed by atoms with van der Waals surface area (Å²) in [7, 11) is -0.701. The van der Waals surface area contributed by atoms with Gasteiger partial charge in [0.25, 0.3) is 0 Å². The maximum atomic E-state index is 3.74. The van der Waals surface area contributed by atoms with Crippen molar-refractivity contribution in [2.75, 3.05) is 0 Å². The molecule has 2 heteroatoms. The van der Waals surface area contributed by atoms with Crippen LogP contribution in [-0.2, 0) is 5.41 Å². The van der Waals surface area contributed by atoms with Crippen LogP contribution in [0.4, 0.5) is 0 Å². The monoisotopic (exact) mass is 483 g/mol. The van der Waals surface area contributed by atoms with Gasteiger partial charge in [0, 0.05) is 21.9 Å². The Hall–Kier alpha value is -3.67. The van der Waals surface area contributed by atoms with Gasteiger partial charge in [-0.05, 0) is 58.6 Å². The van der Waals surface area contributed by atoms with Crippen molar-refractivity contribution in [2.45, 2.75) is 26.2 Å². The maximum Gasteiger partial charge on any atom is 0.0545 e. The van der Waals surface area contributed by atoms with Gasteiger partial charge in [0.05, 0.1) is 5.52 Å². The molecular weight excluding hydrogens is 453 g/mol. The van der Waals surface area contributed by atoms with Gasteiger partial charge in [-0.3, -0.25) is 0 Å². The average Bonchev–Trinajstić information content (AvgIpc) is 3.28. The fourth-order valence-electron chi connectivity index (χ4n) is 5.04. The molecule has 0 fully saturated rings. The second-order valence-electron chi connectivity index (χ2n) is 10.4. The van der Waals surface area contributed by atoms with Crippen molar-refractivity contribution in [1.82, 2.24) is 4.98 Å². The summed E-state index contributed by atoms with van der Waals surface area (Å²) in [5.74, 6) is 0.